The van der Waals surface area contributed by atoms with Crippen molar-refractivity contribution < 1.29 is 4.79 Å². The van der Waals surface area contributed by atoms with Gasteiger partial charge in [-0.1, -0.05) is 32.4 Å². The van der Waals surface area contributed by atoms with Crippen molar-refractivity contribution in [3.63, 3.8) is 0 Å². The fourth-order valence-corrected chi connectivity index (χ4v) is 3.71. The molecule has 1 aliphatic rings. The molecule has 4 nitrogen and oxygen atoms in total. The van der Waals surface area contributed by atoms with Crippen molar-refractivity contribution in [1.29, 1.82) is 0 Å². The fourth-order valence-electron chi connectivity index (χ4n) is 3.71. The lowest BCUT2D eigenvalue weighted by Gasteiger charge is -2.39. The molecule has 23 heavy (non-hydrogen) atoms. The van der Waals surface area contributed by atoms with Crippen LogP contribution in [0.15, 0.2) is 30.5 Å². The van der Waals surface area contributed by atoms with Crippen molar-refractivity contribution >= 4 is 16.8 Å². The molecule has 4 heteroatoms. The summed E-state index contributed by atoms with van der Waals surface area (Å²) >= 11 is 0. The first-order chi connectivity index (χ1) is 11.2. The number of piperidine rings is 1. The highest BCUT2D eigenvalue weighted by atomic mass is 16.2. The van der Waals surface area contributed by atoms with E-state index >= 15 is 0 Å². The Morgan fingerprint density at radius 3 is 3.00 bits per heavy atom. The van der Waals surface area contributed by atoms with E-state index in [-0.39, 0.29) is 0 Å². The summed E-state index contributed by atoms with van der Waals surface area (Å²) in [5.74, 6) is 0.837. The number of rotatable bonds is 5. The standard InChI is InChI=1S/C19H27N3O/c1-3-14-13-22(19(23)4-2)11-9-17(14)21-12-15-6-5-7-18-16(15)8-10-20-18/h5-8,10,14,17,20-21H,3-4,9,11-13H2,1-2H3/t14-,17-/m1/s1. The van der Waals surface area contributed by atoms with Crippen LogP contribution in [0.1, 0.15) is 38.7 Å². The maximum Gasteiger partial charge on any atom is 0.222 e. The number of fused-ring (bicyclic) bond motifs is 1. The van der Waals surface area contributed by atoms with E-state index in [1.807, 2.05) is 18.0 Å². The number of carbonyl (C=O) groups excluding carboxylic acids is 1. The van der Waals surface area contributed by atoms with Crippen molar-refractivity contribution in [2.24, 2.45) is 5.92 Å². The van der Waals surface area contributed by atoms with Crippen molar-refractivity contribution in [2.75, 3.05) is 13.1 Å². The van der Waals surface area contributed by atoms with Gasteiger partial charge in [-0.25, -0.2) is 0 Å². The van der Waals surface area contributed by atoms with Gasteiger partial charge in [0.25, 0.3) is 0 Å². The molecule has 2 N–H and O–H groups in total. The zero-order valence-corrected chi connectivity index (χ0v) is 14.1. The Kier molecular flexibility index (Phi) is 5.01. The largest absolute Gasteiger partial charge is 0.361 e. The second-order valence-electron chi connectivity index (χ2n) is 6.49. The van der Waals surface area contributed by atoms with Gasteiger partial charge >= 0.3 is 0 Å². The van der Waals surface area contributed by atoms with Crippen LogP contribution in [0.2, 0.25) is 0 Å². The number of aromatic nitrogens is 1. The molecule has 1 fully saturated rings. The molecule has 1 aromatic carbocycles. The van der Waals surface area contributed by atoms with Crippen molar-refractivity contribution in [2.45, 2.75) is 45.7 Å². The third-order valence-electron chi connectivity index (χ3n) is 5.15. The first-order valence-electron chi connectivity index (χ1n) is 8.79. The van der Waals surface area contributed by atoms with Crippen LogP contribution in [-0.4, -0.2) is 34.9 Å². The minimum atomic E-state index is 0.291. The number of hydrogen-bond acceptors (Lipinski definition) is 2. The van der Waals surface area contributed by atoms with Crippen molar-refractivity contribution in [3.8, 4) is 0 Å². The van der Waals surface area contributed by atoms with Crippen LogP contribution >= 0.6 is 0 Å². The van der Waals surface area contributed by atoms with E-state index in [4.69, 9.17) is 0 Å². The quantitative estimate of drug-likeness (QED) is 0.890. The van der Waals surface area contributed by atoms with E-state index < -0.39 is 0 Å². The molecule has 1 aliphatic heterocycles. The number of nitrogens with one attached hydrogen (secondary N) is 2. The molecule has 2 aromatic rings. The molecular weight excluding hydrogens is 286 g/mol. The summed E-state index contributed by atoms with van der Waals surface area (Å²) in [5.41, 5.74) is 2.53. The third kappa shape index (κ3) is 3.42. The topological polar surface area (TPSA) is 48.1 Å². The summed E-state index contributed by atoms with van der Waals surface area (Å²) < 4.78 is 0. The summed E-state index contributed by atoms with van der Waals surface area (Å²) in [6.07, 6.45) is 4.77. The monoisotopic (exact) mass is 313 g/mol. The van der Waals surface area contributed by atoms with Gasteiger partial charge in [0.05, 0.1) is 0 Å². The van der Waals surface area contributed by atoms with E-state index in [9.17, 15) is 4.79 Å². The van der Waals surface area contributed by atoms with E-state index in [1.165, 1.54) is 16.5 Å². The molecule has 3 rings (SSSR count). The average molecular weight is 313 g/mol. The number of H-pyrrole nitrogens is 1. The van der Waals surface area contributed by atoms with Crippen molar-refractivity contribution in [3.05, 3.63) is 36.0 Å². The van der Waals surface area contributed by atoms with Crippen LogP contribution in [-0.2, 0) is 11.3 Å². The molecular formula is C19H27N3O. The SMILES string of the molecule is CCC(=O)N1CC[C@@H](NCc2cccc3[nH]ccc23)[C@H](CC)C1. The molecule has 0 radical (unpaired) electrons. The van der Waals surface area contributed by atoms with Crippen LogP contribution in [0.25, 0.3) is 10.9 Å². The normalized spacial score (nSPS) is 21.7. The van der Waals surface area contributed by atoms with Gasteiger partial charge in [0, 0.05) is 49.2 Å². The van der Waals surface area contributed by atoms with E-state index in [1.54, 1.807) is 0 Å². The molecule has 0 saturated carbocycles. The lowest BCUT2D eigenvalue weighted by molar-refractivity contribution is -0.133. The van der Waals surface area contributed by atoms with E-state index in [2.05, 4.69) is 41.5 Å². The highest BCUT2D eigenvalue weighted by molar-refractivity contribution is 5.82. The van der Waals surface area contributed by atoms with Gasteiger partial charge in [-0.3, -0.25) is 4.79 Å². The highest BCUT2D eigenvalue weighted by Gasteiger charge is 2.29. The number of hydrogen-bond donors (Lipinski definition) is 2. The maximum absolute atomic E-state index is 11.9. The lowest BCUT2D eigenvalue weighted by atomic mass is 9.89. The summed E-state index contributed by atoms with van der Waals surface area (Å²) in [6.45, 7) is 6.85. The minimum Gasteiger partial charge on any atom is -0.361 e. The molecule has 0 aliphatic carbocycles. The summed E-state index contributed by atoms with van der Waals surface area (Å²) in [4.78, 5) is 17.2. The summed E-state index contributed by atoms with van der Waals surface area (Å²) in [6, 6.07) is 9.06. The number of amides is 1. The number of aromatic amines is 1. The van der Waals surface area contributed by atoms with Gasteiger partial charge in [0.1, 0.15) is 0 Å². The Bertz CT molecular complexity index is 663. The average Bonchev–Trinajstić information content (AvgIpc) is 3.08. The fraction of sp³-hybridized carbons (Fsp3) is 0.526. The highest BCUT2D eigenvalue weighted by Crippen LogP contribution is 2.23. The number of carbonyl (C=O) groups is 1. The Hall–Kier alpha value is -1.81. The number of likely N-dealkylation sites (tertiary alicyclic amines) is 1. The number of benzene rings is 1. The van der Waals surface area contributed by atoms with Gasteiger partial charge in [-0.15, -0.1) is 0 Å². The molecule has 0 spiro atoms. The Labute approximate surface area is 138 Å². The number of nitrogens with zero attached hydrogens (tertiary/aromatic N) is 1. The Balaban J connectivity index is 1.64. The van der Waals surface area contributed by atoms with Crippen LogP contribution in [0.5, 0.6) is 0 Å². The predicted octanol–water partition coefficient (Wildman–Crippen LogP) is 3.29. The molecule has 1 saturated heterocycles. The molecule has 2 atom stereocenters. The zero-order valence-electron chi connectivity index (χ0n) is 14.1. The zero-order chi connectivity index (χ0) is 16.2. The molecule has 0 bridgehead atoms. The first kappa shape index (κ1) is 16.1. The van der Waals surface area contributed by atoms with Gasteiger partial charge < -0.3 is 15.2 Å². The molecule has 2 heterocycles. The van der Waals surface area contributed by atoms with Crippen LogP contribution in [0, 0.1) is 5.92 Å². The molecule has 0 unspecified atom stereocenters. The summed E-state index contributed by atoms with van der Waals surface area (Å²) in [7, 11) is 0. The van der Waals surface area contributed by atoms with Gasteiger partial charge in [0.2, 0.25) is 5.91 Å². The van der Waals surface area contributed by atoms with Crippen LogP contribution in [0.3, 0.4) is 0 Å². The Morgan fingerprint density at radius 2 is 2.22 bits per heavy atom. The minimum absolute atomic E-state index is 0.291. The van der Waals surface area contributed by atoms with Gasteiger partial charge in [-0.05, 0) is 30.0 Å². The van der Waals surface area contributed by atoms with Crippen LogP contribution in [0.4, 0.5) is 0 Å². The molecule has 124 valence electrons. The molecule has 1 aromatic heterocycles. The van der Waals surface area contributed by atoms with Crippen molar-refractivity contribution in [1.82, 2.24) is 15.2 Å². The maximum atomic E-state index is 11.9. The summed E-state index contributed by atoms with van der Waals surface area (Å²) in [5, 5.41) is 5.04. The first-order valence-corrected chi connectivity index (χ1v) is 8.79. The molecule has 1 amide bonds. The smallest absolute Gasteiger partial charge is 0.222 e. The van der Waals surface area contributed by atoms with E-state index in [0.29, 0.717) is 24.3 Å². The third-order valence-corrected chi connectivity index (χ3v) is 5.15. The second kappa shape index (κ2) is 7.18. The predicted molar refractivity (Wildman–Crippen MR) is 94.2 cm³/mol. The Morgan fingerprint density at radius 1 is 1.35 bits per heavy atom. The lowest BCUT2D eigenvalue weighted by Crippen LogP contribution is -2.50. The van der Waals surface area contributed by atoms with E-state index in [0.717, 1.165) is 32.5 Å². The van der Waals surface area contributed by atoms with Gasteiger partial charge in [0.15, 0.2) is 0 Å². The van der Waals surface area contributed by atoms with Gasteiger partial charge in [-0.2, -0.15) is 0 Å². The van der Waals surface area contributed by atoms with Crippen LogP contribution < -0.4 is 5.32 Å². The second-order valence-corrected chi connectivity index (χ2v) is 6.49.